The summed E-state index contributed by atoms with van der Waals surface area (Å²) in [5.41, 5.74) is 0.821. The van der Waals surface area contributed by atoms with Gasteiger partial charge in [-0.1, -0.05) is 0 Å². The van der Waals surface area contributed by atoms with Crippen LogP contribution in [0.3, 0.4) is 0 Å². The van der Waals surface area contributed by atoms with E-state index in [-0.39, 0.29) is 42.2 Å². The van der Waals surface area contributed by atoms with E-state index in [2.05, 4.69) is 15.4 Å². The van der Waals surface area contributed by atoms with E-state index in [9.17, 15) is 9.18 Å². The van der Waals surface area contributed by atoms with E-state index < -0.39 is 0 Å². The zero-order valence-electron chi connectivity index (χ0n) is 17.3. The molecular formula is C20H28FIN6O2. The van der Waals surface area contributed by atoms with Crippen LogP contribution in [0.4, 0.5) is 10.1 Å². The first kappa shape index (κ1) is 23.9. The lowest BCUT2D eigenvalue weighted by molar-refractivity contribution is -0.120. The number of aryl methyl sites for hydroxylation is 1. The van der Waals surface area contributed by atoms with Crippen molar-refractivity contribution in [1.82, 2.24) is 20.0 Å². The van der Waals surface area contributed by atoms with Crippen molar-refractivity contribution in [2.75, 3.05) is 44.7 Å². The minimum atomic E-state index is -0.271. The van der Waals surface area contributed by atoms with Crippen LogP contribution in [0.5, 0.6) is 5.75 Å². The first-order valence-electron chi connectivity index (χ1n) is 9.70. The number of carbonyl (C=O) groups is 1. The molecular weight excluding hydrogens is 502 g/mol. The molecule has 30 heavy (non-hydrogen) atoms. The minimum Gasteiger partial charge on any atom is -0.494 e. The number of amides is 1. The number of aromatic nitrogens is 2. The second kappa shape index (κ2) is 11.7. The van der Waals surface area contributed by atoms with Crippen molar-refractivity contribution >= 4 is 41.5 Å². The van der Waals surface area contributed by atoms with Crippen LogP contribution in [-0.4, -0.2) is 66.4 Å². The van der Waals surface area contributed by atoms with Crippen molar-refractivity contribution in [1.29, 1.82) is 0 Å². The quantitative estimate of drug-likeness (QED) is 0.258. The van der Waals surface area contributed by atoms with Crippen molar-refractivity contribution in [3.63, 3.8) is 0 Å². The lowest BCUT2D eigenvalue weighted by atomic mass is 10.3. The van der Waals surface area contributed by atoms with E-state index in [1.807, 2.05) is 18.1 Å². The summed E-state index contributed by atoms with van der Waals surface area (Å²) in [6, 6.07) is 6.02. The molecule has 0 radical (unpaired) electrons. The fourth-order valence-electron chi connectivity index (χ4n) is 3.16. The van der Waals surface area contributed by atoms with Crippen LogP contribution in [0.2, 0.25) is 0 Å². The van der Waals surface area contributed by atoms with E-state index in [4.69, 9.17) is 4.74 Å². The van der Waals surface area contributed by atoms with Gasteiger partial charge in [-0.25, -0.2) is 4.39 Å². The highest BCUT2D eigenvalue weighted by molar-refractivity contribution is 14.0. The van der Waals surface area contributed by atoms with Gasteiger partial charge in [-0.15, -0.1) is 24.0 Å². The Kier molecular flexibility index (Phi) is 9.34. The predicted octanol–water partition coefficient (Wildman–Crippen LogP) is 2.26. The van der Waals surface area contributed by atoms with Gasteiger partial charge in [0.2, 0.25) is 5.91 Å². The SMILES string of the molecule is CN=C(NCCCCOc1ccc(F)cc1)N1CCN(c2cnn(C)c2)C(=O)C1.I. The Bertz CT molecular complexity index is 842. The first-order chi connectivity index (χ1) is 14.1. The molecule has 0 spiro atoms. The molecule has 1 fully saturated rings. The summed E-state index contributed by atoms with van der Waals surface area (Å²) >= 11 is 0. The van der Waals surface area contributed by atoms with Crippen LogP contribution in [-0.2, 0) is 11.8 Å². The number of rotatable bonds is 7. The largest absolute Gasteiger partial charge is 0.494 e. The number of unbranched alkanes of at least 4 members (excludes halogenated alkanes) is 1. The number of halogens is 2. The molecule has 2 aromatic rings. The molecule has 10 heteroatoms. The third-order valence-electron chi connectivity index (χ3n) is 4.67. The summed E-state index contributed by atoms with van der Waals surface area (Å²) in [6.45, 7) is 2.87. The maximum atomic E-state index is 12.9. The second-order valence-electron chi connectivity index (χ2n) is 6.82. The standard InChI is InChI=1S/C20H27FN6O2.HI/c1-22-20(23-9-3-4-12-29-18-7-5-16(21)6-8-18)26-10-11-27(19(28)15-26)17-13-24-25(2)14-17;/h5-8,13-14H,3-4,9-12,15H2,1-2H3,(H,22,23);1H. The smallest absolute Gasteiger partial charge is 0.246 e. The normalized spacial score (nSPS) is 14.5. The molecule has 0 atom stereocenters. The van der Waals surface area contributed by atoms with Gasteiger partial charge in [0.25, 0.3) is 0 Å². The molecule has 1 aliphatic rings. The molecule has 1 aliphatic heterocycles. The van der Waals surface area contributed by atoms with E-state index >= 15 is 0 Å². The number of anilines is 1. The Morgan fingerprint density at radius 3 is 2.67 bits per heavy atom. The van der Waals surface area contributed by atoms with Gasteiger partial charge >= 0.3 is 0 Å². The maximum absolute atomic E-state index is 12.9. The van der Waals surface area contributed by atoms with E-state index in [0.29, 0.717) is 25.4 Å². The third-order valence-corrected chi connectivity index (χ3v) is 4.67. The molecule has 0 bridgehead atoms. The number of hydrogen-bond donors (Lipinski definition) is 1. The molecule has 1 N–H and O–H groups in total. The topological polar surface area (TPSA) is 75.0 Å². The Balaban J connectivity index is 0.00000320. The minimum absolute atomic E-state index is 0. The van der Waals surface area contributed by atoms with Crippen molar-refractivity contribution in [2.24, 2.45) is 12.0 Å². The van der Waals surface area contributed by atoms with Gasteiger partial charge in [0.1, 0.15) is 18.1 Å². The number of benzene rings is 1. The van der Waals surface area contributed by atoms with Crippen LogP contribution in [0, 0.1) is 5.82 Å². The number of nitrogens with zero attached hydrogens (tertiary/aromatic N) is 5. The highest BCUT2D eigenvalue weighted by Crippen LogP contribution is 2.16. The molecule has 3 rings (SSSR count). The summed E-state index contributed by atoms with van der Waals surface area (Å²) in [6.07, 6.45) is 5.29. The maximum Gasteiger partial charge on any atom is 0.246 e. The van der Waals surface area contributed by atoms with Crippen molar-refractivity contribution in [3.8, 4) is 5.75 Å². The molecule has 0 saturated carbocycles. The fraction of sp³-hybridized carbons (Fsp3) is 0.450. The summed E-state index contributed by atoms with van der Waals surface area (Å²) in [5, 5.41) is 7.44. The second-order valence-corrected chi connectivity index (χ2v) is 6.82. The lowest BCUT2D eigenvalue weighted by Crippen LogP contribution is -2.55. The van der Waals surface area contributed by atoms with Crippen molar-refractivity contribution < 1.29 is 13.9 Å². The van der Waals surface area contributed by atoms with Crippen molar-refractivity contribution in [3.05, 3.63) is 42.5 Å². The number of carbonyl (C=O) groups excluding carboxylic acids is 1. The first-order valence-corrected chi connectivity index (χ1v) is 9.70. The summed E-state index contributed by atoms with van der Waals surface area (Å²) in [5.74, 6) is 1.15. The highest BCUT2D eigenvalue weighted by atomic mass is 127. The van der Waals surface area contributed by atoms with Gasteiger partial charge in [0, 0.05) is 39.9 Å². The molecule has 1 aromatic heterocycles. The number of nitrogens with one attached hydrogen (secondary N) is 1. The van der Waals surface area contributed by atoms with Crippen LogP contribution < -0.4 is 15.0 Å². The van der Waals surface area contributed by atoms with Crippen LogP contribution in [0.25, 0.3) is 0 Å². The number of hydrogen-bond acceptors (Lipinski definition) is 4. The monoisotopic (exact) mass is 530 g/mol. The average molecular weight is 530 g/mol. The summed E-state index contributed by atoms with van der Waals surface area (Å²) < 4.78 is 20.1. The molecule has 0 aliphatic carbocycles. The van der Waals surface area contributed by atoms with Crippen LogP contribution in [0.1, 0.15) is 12.8 Å². The third kappa shape index (κ3) is 6.57. The zero-order chi connectivity index (χ0) is 20.6. The molecule has 1 saturated heterocycles. The Labute approximate surface area is 193 Å². The average Bonchev–Trinajstić information content (AvgIpc) is 3.15. The summed E-state index contributed by atoms with van der Waals surface area (Å²) in [4.78, 5) is 20.5. The molecule has 0 unspecified atom stereocenters. The highest BCUT2D eigenvalue weighted by Gasteiger charge is 2.27. The Hall–Kier alpha value is -2.37. The summed E-state index contributed by atoms with van der Waals surface area (Å²) in [7, 11) is 3.55. The molecule has 164 valence electrons. The number of guanidine groups is 1. The Morgan fingerprint density at radius 2 is 2.03 bits per heavy atom. The van der Waals surface area contributed by atoms with Crippen LogP contribution in [0.15, 0.2) is 41.7 Å². The molecule has 8 nitrogen and oxygen atoms in total. The zero-order valence-corrected chi connectivity index (χ0v) is 19.6. The van der Waals surface area contributed by atoms with Gasteiger partial charge in [-0.3, -0.25) is 14.5 Å². The predicted molar refractivity (Wildman–Crippen MR) is 125 cm³/mol. The van der Waals surface area contributed by atoms with E-state index in [1.165, 1.54) is 12.1 Å². The molecule has 1 aromatic carbocycles. The van der Waals surface area contributed by atoms with Gasteiger partial charge in [0.15, 0.2) is 5.96 Å². The number of ether oxygens (including phenoxy) is 1. The lowest BCUT2D eigenvalue weighted by Gasteiger charge is -2.35. The Morgan fingerprint density at radius 1 is 1.27 bits per heavy atom. The van der Waals surface area contributed by atoms with Crippen molar-refractivity contribution in [2.45, 2.75) is 12.8 Å². The van der Waals surface area contributed by atoms with E-state index in [0.717, 1.165) is 31.0 Å². The van der Waals surface area contributed by atoms with Gasteiger partial charge in [-0.2, -0.15) is 5.10 Å². The van der Waals surface area contributed by atoms with Crippen LogP contribution >= 0.6 is 24.0 Å². The number of piperazine rings is 1. The molecule has 2 heterocycles. The fourth-order valence-corrected chi connectivity index (χ4v) is 3.16. The molecule has 1 amide bonds. The van der Waals surface area contributed by atoms with Gasteiger partial charge in [-0.05, 0) is 37.1 Å². The van der Waals surface area contributed by atoms with Gasteiger partial charge < -0.3 is 19.9 Å². The van der Waals surface area contributed by atoms with Gasteiger partial charge in [0.05, 0.1) is 18.5 Å². The number of aliphatic imine (C=N–C) groups is 1. The van der Waals surface area contributed by atoms with E-state index in [1.54, 1.807) is 35.0 Å².